The van der Waals surface area contributed by atoms with E-state index in [1.165, 1.54) is 12.0 Å². The lowest BCUT2D eigenvalue weighted by Gasteiger charge is -2.22. The Kier molecular flexibility index (Phi) is 8.75. The molecule has 0 spiro atoms. The minimum absolute atomic E-state index is 0.212. The first-order valence-corrected chi connectivity index (χ1v) is 13.6. The molecule has 2 fully saturated rings. The molecule has 1 saturated heterocycles. The van der Waals surface area contributed by atoms with Gasteiger partial charge >= 0.3 is 6.09 Å². The largest absolute Gasteiger partial charge is 0.445 e. The zero-order chi connectivity index (χ0) is 27.0. The lowest BCUT2D eigenvalue weighted by atomic mass is 10.0. The Morgan fingerprint density at radius 2 is 1.64 bits per heavy atom. The van der Waals surface area contributed by atoms with Crippen molar-refractivity contribution in [2.45, 2.75) is 44.4 Å². The number of nitrogens with two attached hydrogens (primary N) is 1. The lowest BCUT2D eigenvalue weighted by molar-refractivity contribution is 0.0662. The van der Waals surface area contributed by atoms with Crippen molar-refractivity contribution in [2.24, 2.45) is 5.92 Å². The van der Waals surface area contributed by atoms with Gasteiger partial charge in [-0.2, -0.15) is 0 Å². The van der Waals surface area contributed by atoms with Crippen LogP contribution in [0.5, 0.6) is 0 Å². The highest BCUT2D eigenvalue weighted by molar-refractivity contribution is 6.05. The fraction of sp³-hybridized carbons (Fsp3) is 0.355. The average molecular weight is 529 g/mol. The van der Waals surface area contributed by atoms with Crippen molar-refractivity contribution in [3.05, 3.63) is 95.1 Å². The van der Waals surface area contributed by atoms with E-state index in [4.69, 9.17) is 15.2 Å². The Morgan fingerprint density at radius 3 is 2.38 bits per heavy atom. The lowest BCUT2D eigenvalue weighted by Crippen LogP contribution is -2.29. The first-order chi connectivity index (χ1) is 19.0. The number of ether oxygens (including phenoxy) is 2. The zero-order valence-electron chi connectivity index (χ0n) is 22.0. The number of nitrogen functional groups attached to an aromatic ring is 1. The van der Waals surface area contributed by atoms with Gasteiger partial charge in [-0.25, -0.2) is 4.79 Å². The molecule has 5 N–H and O–H groups in total. The predicted molar refractivity (Wildman–Crippen MR) is 151 cm³/mol. The fourth-order valence-corrected chi connectivity index (χ4v) is 4.87. The van der Waals surface area contributed by atoms with Crippen molar-refractivity contribution in [3.8, 4) is 0 Å². The van der Waals surface area contributed by atoms with E-state index in [9.17, 15) is 9.59 Å². The summed E-state index contributed by atoms with van der Waals surface area (Å²) in [4.78, 5) is 24.7. The molecule has 2 unspecified atom stereocenters. The Labute approximate surface area is 229 Å². The molecule has 2 aliphatic rings. The molecule has 0 bridgehead atoms. The normalized spacial score (nSPS) is 18.8. The van der Waals surface area contributed by atoms with Crippen LogP contribution < -0.4 is 21.7 Å². The second kappa shape index (κ2) is 12.8. The second-order valence-corrected chi connectivity index (χ2v) is 10.3. The van der Waals surface area contributed by atoms with E-state index < -0.39 is 6.09 Å². The van der Waals surface area contributed by atoms with Crippen LogP contribution in [0.25, 0.3) is 0 Å². The topological polar surface area (TPSA) is 115 Å². The molecule has 3 aromatic carbocycles. The van der Waals surface area contributed by atoms with Gasteiger partial charge in [0.25, 0.3) is 5.91 Å². The van der Waals surface area contributed by atoms with Crippen LogP contribution in [0.3, 0.4) is 0 Å². The number of nitrogens with one attached hydrogen (secondary N) is 3. The van der Waals surface area contributed by atoms with Crippen molar-refractivity contribution >= 4 is 23.4 Å². The van der Waals surface area contributed by atoms with Crippen molar-refractivity contribution in [2.75, 3.05) is 30.8 Å². The molecule has 2 amide bonds. The second-order valence-electron chi connectivity index (χ2n) is 10.3. The summed E-state index contributed by atoms with van der Waals surface area (Å²) in [6.07, 6.45) is 3.00. The molecule has 8 heteroatoms. The average Bonchev–Trinajstić information content (AvgIpc) is 3.76. The molecule has 1 aliphatic carbocycles. The molecule has 2 atom stereocenters. The summed E-state index contributed by atoms with van der Waals surface area (Å²) in [5.41, 5.74) is 10.6. The summed E-state index contributed by atoms with van der Waals surface area (Å²) in [6, 6.07) is 23.0. The molecule has 5 rings (SSSR count). The van der Waals surface area contributed by atoms with Gasteiger partial charge < -0.3 is 31.2 Å². The van der Waals surface area contributed by atoms with Crippen LogP contribution in [0.1, 0.15) is 52.2 Å². The van der Waals surface area contributed by atoms with Gasteiger partial charge in [-0.1, -0.05) is 48.5 Å². The molecular formula is C31H36N4O4. The highest BCUT2D eigenvalue weighted by atomic mass is 16.5. The van der Waals surface area contributed by atoms with Crippen LogP contribution in [-0.2, 0) is 22.6 Å². The molecular weight excluding hydrogens is 492 g/mol. The standard InChI is InChI=1S/C31H36N4O4/c32-27-3-1-2-4-28(27)35-30(36)25-11-5-21(6-12-25)19-34-31(37)39-20-23-7-9-24(10-8-23)26-17-29(26)33-18-22-13-15-38-16-14-22/h1-12,22,26,29,33H,13-20,32H2,(H,34,37)(H,35,36). The minimum atomic E-state index is -0.486. The third-order valence-corrected chi connectivity index (χ3v) is 7.44. The third-order valence-electron chi connectivity index (χ3n) is 7.44. The van der Waals surface area contributed by atoms with E-state index in [0.29, 0.717) is 35.4 Å². The predicted octanol–water partition coefficient (Wildman–Crippen LogP) is 4.82. The van der Waals surface area contributed by atoms with Gasteiger partial charge in [0.15, 0.2) is 0 Å². The van der Waals surface area contributed by atoms with Gasteiger partial charge in [0, 0.05) is 37.3 Å². The number of amides is 2. The SMILES string of the molecule is Nc1ccccc1NC(=O)c1ccc(CNC(=O)OCc2ccc(C3CC3NCC3CCOCC3)cc2)cc1. The van der Waals surface area contributed by atoms with Crippen LogP contribution in [0.2, 0.25) is 0 Å². The van der Waals surface area contributed by atoms with Crippen molar-refractivity contribution in [1.82, 2.24) is 10.6 Å². The maximum Gasteiger partial charge on any atom is 0.407 e. The molecule has 3 aromatic rings. The van der Waals surface area contributed by atoms with E-state index >= 15 is 0 Å². The number of hydrogen-bond acceptors (Lipinski definition) is 6. The Morgan fingerprint density at radius 1 is 0.923 bits per heavy atom. The quantitative estimate of drug-likeness (QED) is 0.281. The molecule has 1 heterocycles. The zero-order valence-corrected chi connectivity index (χ0v) is 22.0. The summed E-state index contributed by atoms with van der Waals surface area (Å²) < 4.78 is 10.8. The van der Waals surface area contributed by atoms with Crippen molar-refractivity contribution < 1.29 is 19.1 Å². The Bertz CT molecular complexity index is 1260. The summed E-state index contributed by atoms with van der Waals surface area (Å²) in [5, 5.41) is 9.28. The summed E-state index contributed by atoms with van der Waals surface area (Å²) in [5.74, 6) is 1.05. The monoisotopic (exact) mass is 528 g/mol. The van der Waals surface area contributed by atoms with Gasteiger partial charge in [0.1, 0.15) is 6.61 Å². The molecule has 1 saturated carbocycles. The smallest absolute Gasteiger partial charge is 0.407 e. The number of hydrogen-bond donors (Lipinski definition) is 4. The van der Waals surface area contributed by atoms with Gasteiger partial charge in [-0.15, -0.1) is 0 Å². The van der Waals surface area contributed by atoms with Gasteiger partial charge in [0.05, 0.1) is 11.4 Å². The fourth-order valence-electron chi connectivity index (χ4n) is 4.87. The molecule has 1 aliphatic heterocycles. The van der Waals surface area contributed by atoms with E-state index in [1.54, 1.807) is 36.4 Å². The number of anilines is 2. The van der Waals surface area contributed by atoms with E-state index in [1.807, 2.05) is 24.3 Å². The maximum absolute atomic E-state index is 12.5. The van der Waals surface area contributed by atoms with Crippen LogP contribution in [0.15, 0.2) is 72.8 Å². The number of rotatable bonds is 10. The van der Waals surface area contributed by atoms with Crippen LogP contribution >= 0.6 is 0 Å². The highest BCUT2D eigenvalue weighted by Gasteiger charge is 2.38. The van der Waals surface area contributed by atoms with Crippen LogP contribution in [0.4, 0.5) is 16.2 Å². The molecule has 0 radical (unpaired) electrons. The van der Waals surface area contributed by atoms with Gasteiger partial charge in [0.2, 0.25) is 0 Å². The number of alkyl carbamates (subject to hydrolysis) is 1. The summed E-state index contributed by atoms with van der Waals surface area (Å²) in [6.45, 7) is 3.37. The molecule has 204 valence electrons. The van der Waals surface area contributed by atoms with Crippen LogP contribution in [-0.4, -0.2) is 37.8 Å². The van der Waals surface area contributed by atoms with Crippen LogP contribution in [0, 0.1) is 5.92 Å². The minimum Gasteiger partial charge on any atom is -0.445 e. The number of benzene rings is 3. The number of carbonyl (C=O) groups excluding carboxylic acids is 2. The van der Waals surface area contributed by atoms with Gasteiger partial charge in [-0.3, -0.25) is 4.79 Å². The Balaban J connectivity index is 1.00. The molecule has 8 nitrogen and oxygen atoms in total. The summed E-state index contributed by atoms with van der Waals surface area (Å²) in [7, 11) is 0. The van der Waals surface area contributed by atoms with E-state index in [0.717, 1.165) is 49.6 Å². The van der Waals surface area contributed by atoms with E-state index in [2.05, 4.69) is 28.1 Å². The maximum atomic E-state index is 12.5. The first-order valence-electron chi connectivity index (χ1n) is 13.6. The van der Waals surface area contributed by atoms with Gasteiger partial charge in [-0.05, 0) is 72.7 Å². The third kappa shape index (κ3) is 7.59. The van der Waals surface area contributed by atoms with Crippen molar-refractivity contribution in [3.63, 3.8) is 0 Å². The van der Waals surface area contributed by atoms with E-state index in [-0.39, 0.29) is 12.5 Å². The summed E-state index contributed by atoms with van der Waals surface area (Å²) >= 11 is 0. The Hall–Kier alpha value is -3.88. The molecule has 39 heavy (non-hydrogen) atoms. The van der Waals surface area contributed by atoms with Crippen molar-refractivity contribution in [1.29, 1.82) is 0 Å². The first kappa shape index (κ1) is 26.7. The number of carbonyl (C=O) groups is 2. The highest BCUT2D eigenvalue weighted by Crippen LogP contribution is 2.41. The number of para-hydroxylation sites is 2. The molecule has 0 aromatic heterocycles.